The van der Waals surface area contributed by atoms with Gasteiger partial charge < -0.3 is 15.0 Å². The normalized spacial score (nSPS) is 16.6. The zero-order valence-electron chi connectivity index (χ0n) is 16.3. The minimum absolute atomic E-state index is 0.0114. The highest BCUT2D eigenvalue weighted by Gasteiger charge is 2.44. The van der Waals surface area contributed by atoms with E-state index >= 15 is 0 Å². The summed E-state index contributed by atoms with van der Waals surface area (Å²) in [5.41, 5.74) is -0.810. The van der Waals surface area contributed by atoms with Crippen LogP contribution in [0.5, 0.6) is 0 Å². The van der Waals surface area contributed by atoms with E-state index in [2.05, 4.69) is 5.32 Å². The van der Waals surface area contributed by atoms with Crippen molar-refractivity contribution in [1.82, 2.24) is 4.90 Å². The zero-order chi connectivity index (χ0) is 20.2. The predicted octanol–water partition coefficient (Wildman–Crippen LogP) is 2.82. The molecule has 7 heteroatoms. The van der Waals surface area contributed by atoms with Crippen molar-refractivity contribution in [2.24, 2.45) is 0 Å². The monoisotopic (exact) mass is 378 g/mol. The number of hydrogen-bond donors (Lipinski definition) is 1. The summed E-state index contributed by atoms with van der Waals surface area (Å²) in [6.45, 7) is 7.73. The topological polar surface area (TPSA) is 75.7 Å². The maximum absolute atomic E-state index is 14.6. The first-order chi connectivity index (χ1) is 12.6. The lowest BCUT2D eigenvalue weighted by molar-refractivity contribution is -0.162. The van der Waals surface area contributed by atoms with Crippen LogP contribution in [0.2, 0.25) is 0 Å². The number of esters is 1. The Labute approximate surface area is 159 Å². The third-order valence-electron chi connectivity index (χ3n) is 4.66. The van der Waals surface area contributed by atoms with Crippen molar-refractivity contribution in [1.29, 1.82) is 0 Å². The molecule has 0 atom stereocenters. The molecule has 0 unspecified atom stereocenters. The molecule has 1 saturated heterocycles. The number of nitrogens with one attached hydrogen (secondary N) is 1. The van der Waals surface area contributed by atoms with Gasteiger partial charge in [-0.25, -0.2) is 9.18 Å². The average molecular weight is 378 g/mol. The molecule has 0 aromatic heterocycles. The molecule has 0 bridgehead atoms. The van der Waals surface area contributed by atoms with E-state index < -0.39 is 23.5 Å². The van der Waals surface area contributed by atoms with Crippen molar-refractivity contribution >= 4 is 23.5 Å². The highest BCUT2D eigenvalue weighted by molar-refractivity contribution is 6.39. The van der Waals surface area contributed by atoms with Gasteiger partial charge in [0.1, 0.15) is 0 Å². The molecule has 2 rings (SSSR count). The zero-order valence-corrected chi connectivity index (χ0v) is 16.3. The van der Waals surface area contributed by atoms with E-state index in [0.717, 1.165) is 5.56 Å². The summed E-state index contributed by atoms with van der Waals surface area (Å²) in [4.78, 5) is 37.8. The molecule has 0 radical (unpaired) electrons. The summed E-state index contributed by atoms with van der Waals surface area (Å²) in [5, 5.41) is 2.66. The molecular formula is C20H27FN2O4. The average Bonchev–Trinajstić information content (AvgIpc) is 2.61. The molecule has 0 spiro atoms. The van der Waals surface area contributed by atoms with Crippen LogP contribution in [-0.2, 0) is 24.5 Å². The van der Waals surface area contributed by atoms with E-state index in [1.165, 1.54) is 4.90 Å². The van der Waals surface area contributed by atoms with E-state index in [1.807, 2.05) is 32.9 Å². The van der Waals surface area contributed by atoms with Gasteiger partial charge >= 0.3 is 17.8 Å². The molecule has 2 amide bonds. The van der Waals surface area contributed by atoms with Crippen LogP contribution in [-0.4, -0.2) is 48.0 Å². The highest BCUT2D eigenvalue weighted by atomic mass is 19.1. The maximum Gasteiger partial charge on any atom is 0.344 e. The molecule has 1 aliphatic heterocycles. The van der Waals surface area contributed by atoms with E-state index in [9.17, 15) is 18.8 Å². The number of amides is 2. The Kier molecular flexibility index (Phi) is 6.23. The number of nitrogens with zero attached hydrogens (tertiary/aromatic N) is 1. The van der Waals surface area contributed by atoms with Crippen LogP contribution in [0.15, 0.2) is 24.3 Å². The Morgan fingerprint density at radius 1 is 1.19 bits per heavy atom. The third kappa shape index (κ3) is 4.84. The molecule has 6 nitrogen and oxygen atoms in total. The number of carbonyl (C=O) groups is 3. The second kappa shape index (κ2) is 8.06. The quantitative estimate of drug-likeness (QED) is 0.648. The summed E-state index contributed by atoms with van der Waals surface area (Å²) in [7, 11) is 0. The molecule has 27 heavy (non-hydrogen) atoms. The number of halogens is 1. The SMILES string of the molecule is CCOC(=O)C1(F)CCN(C(=O)C(=O)Nc2ccccc2C(C)(C)C)CC1. The lowest BCUT2D eigenvalue weighted by atomic mass is 9.86. The van der Waals surface area contributed by atoms with Gasteiger partial charge in [-0.2, -0.15) is 0 Å². The first-order valence-corrected chi connectivity index (χ1v) is 9.14. The molecule has 1 aromatic carbocycles. The Hall–Kier alpha value is -2.44. The first kappa shape index (κ1) is 20.9. The Morgan fingerprint density at radius 3 is 2.33 bits per heavy atom. The Bertz CT molecular complexity index is 719. The Morgan fingerprint density at radius 2 is 1.78 bits per heavy atom. The van der Waals surface area contributed by atoms with E-state index in [-0.39, 0.29) is 38.0 Å². The number of para-hydroxylation sites is 1. The second-order valence-electron chi connectivity index (χ2n) is 7.73. The Balaban J connectivity index is 2.02. The van der Waals surface area contributed by atoms with Crippen molar-refractivity contribution in [3.8, 4) is 0 Å². The smallest absolute Gasteiger partial charge is 0.344 e. The lowest BCUT2D eigenvalue weighted by Gasteiger charge is -2.34. The summed E-state index contributed by atoms with van der Waals surface area (Å²) >= 11 is 0. The summed E-state index contributed by atoms with van der Waals surface area (Å²) < 4.78 is 19.4. The number of benzene rings is 1. The fraction of sp³-hybridized carbons (Fsp3) is 0.550. The standard InChI is InChI=1S/C20H27FN2O4/c1-5-27-18(26)20(21)10-12-23(13-11-20)17(25)16(24)22-15-9-7-6-8-14(15)19(2,3)4/h6-9H,5,10-13H2,1-4H3,(H,22,24). The molecule has 1 aliphatic rings. The summed E-state index contributed by atoms with van der Waals surface area (Å²) in [6.07, 6.45) is -0.354. The van der Waals surface area contributed by atoms with Crippen LogP contribution in [0.25, 0.3) is 0 Å². The van der Waals surface area contributed by atoms with Crippen molar-refractivity contribution in [3.63, 3.8) is 0 Å². The van der Waals surface area contributed by atoms with Crippen LogP contribution < -0.4 is 5.32 Å². The van der Waals surface area contributed by atoms with Gasteiger partial charge in [0.15, 0.2) is 0 Å². The van der Waals surface area contributed by atoms with Crippen molar-refractivity contribution in [2.75, 3.05) is 25.0 Å². The number of piperidine rings is 1. The number of anilines is 1. The first-order valence-electron chi connectivity index (χ1n) is 9.14. The number of ether oxygens (including phenoxy) is 1. The number of carbonyl (C=O) groups excluding carboxylic acids is 3. The van der Waals surface area contributed by atoms with Crippen molar-refractivity contribution < 1.29 is 23.5 Å². The van der Waals surface area contributed by atoms with Crippen LogP contribution in [0.3, 0.4) is 0 Å². The van der Waals surface area contributed by atoms with Crippen LogP contribution in [0, 0.1) is 0 Å². The van der Waals surface area contributed by atoms with Gasteiger partial charge in [0.2, 0.25) is 5.67 Å². The van der Waals surface area contributed by atoms with Crippen molar-refractivity contribution in [3.05, 3.63) is 29.8 Å². The van der Waals surface area contributed by atoms with Gasteiger partial charge in [-0.1, -0.05) is 39.0 Å². The van der Waals surface area contributed by atoms with Gasteiger partial charge in [0, 0.05) is 31.6 Å². The second-order valence-corrected chi connectivity index (χ2v) is 7.73. The number of likely N-dealkylation sites (tertiary alicyclic amines) is 1. The highest BCUT2D eigenvalue weighted by Crippen LogP contribution is 2.30. The fourth-order valence-corrected chi connectivity index (χ4v) is 3.09. The van der Waals surface area contributed by atoms with Gasteiger partial charge in [-0.15, -0.1) is 0 Å². The number of rotatable bonds is 3. The molecule has 148 valence electrons. The molecule has 1 aromatic rings. The van der Waals surface area contributed by atoms with E-state index in [4.69, 9.17) is 4.74 Å². The summed E-state index contributed by atoms with van der Waals surface area (Å²) in [6, 6.07) is 7.30. The molecule has 0 aliphatic carbocycles. The van der Waals surface area contributed by atoms with Crippen molar-refractivity contribution in [2.45, 2.75) is 51.6 Å². The molecule has 1 heterocycles. The number of alkyl halides is 1. The minimum atomic E-state index is -2.10. The van der Waals surface area contributed by atoms with Crippen LogP contribution >= 0.6 is 0 Å². The molecule has 0 saturated carbocycles. The number of hydrogen-bond acceptors (Lipinski definition) is 4. The maximum atomic E-state index is 14.6. The molecular weight excluding hydrogens is 351 g/mol. The van der Waals surface area contributed by atoms with Crippen LogP contribution in [0.1, 0.15) is 46.1 Å². The largest absolute Gasteiger partial charge is 0.464 e. The van der Waals surface area contributed by atoms with Gasteiger partial charge in [0.05, 0.1) is 6.61 Å². The third-order valence-corrected chi connectivity index (χ3v) is 4.66. The fourth-order valence-electron chi connectivity index (χ4n) is 3.09. The van der Waals surface area contributed by atoms with Gasteiger partial charge in [0.25, 0.3) is 0 Å². The predicted molar refractivity (Wildman–Crippen MR) is 100 cm³/mol. The van der Waals surface area contributed by atoms with E-state index in [1.54, 1.807) is 19.1 Å². The molecule has 1 N–H and O–H groups in total. The van der Waals surface area contributed by atoms with Gasteiger partial charge in [-0.05, 0) is 24.0 Å². The molecule has 1 fully saturated rings. The van der Waals surface area contributed by atoms with Crippen LogP contribution in [0.4, 0.5) is 10.1 Å². The van der Waals surface area contributed by atoms with E-state index in [0.29, 0.717) is 5.69 Å². The minimum Gasteiger partial charge on any atom is -0.464 e. The lowest BCUT2D eigenvalue weighted by Crippen LogP contribution is -2.51. The van der Waals surface area contributed by atoms with Gasteiger partial charge in [-0.3, -0.25) is 9.59 Å². The summed E-state index contributed by atoms with van der Waals surface area (Å²) in [5.74, 6) is -2.40.